The van der Waals surface area contributed by atoms with Crippen LogP contribution in [0.15, 0.2) is 45.6 Å². The highest BCUT2D eigenvalue weighted by Crippen LogP contribution is 2.40. The van der Waals surface area contributed by atoms with Crippen LogP contribution in [0.2, 0.25) is 20.1 Å². The maximum Gasteiger partial charge on any atom is 0.129 e. The maximum absolute atomic E-state index is 9.59. The van der Waals surface area contributed by atoms with Crippen molar-refractivity contribution in [1.29, 1.82) is 5.26 Å². The van der Waals surface area contributed by atoms with Crippen LogP contribution in [0.25, 0.3) is 0 Å². The van der Waals surface area contributed by atoms with Crippen LogP contribution in [0.5, 0.6) is 0 Å². The third-order valence-electron chi connectivity index (χ3n) is 3.57. The predicted molar refractivity (Wildman–Crippen MR) is 119 cm³/mol. The quantitative estimate of drug-likeness (QED) is 0.325. The van der Waals surface area contributed by atoms with Gasteiger partial charge in [0.2, 0.25) is 0 Å². The summed E-state index contributed by atoms with van der Waals surface area (Å²) >= 11 is 29.1. The van der Waals surface area contributed by atoms with E-state index in [1.54, 1.807) is 36.4 Å². The molecule has 0 N–H and O–H groups in total. The molecule has 138 valence electrons. The van der Waals surface area contributed by atoms with Gasteiger partial charge in [-0.15, -0.1) is 11.8 Å². The van der Waals surface area contributed by atoms with Crippen molar-refractivity contribution in [3.63, 3.8) is 0 Å². The molecule has 2 aromatic carbocycles. The highest BCUT2D eigenvalue weighted by atomic mass is 35.5. The zero-order chi connectivity index (χ0) is 19.4. The van der Waals surface area contributed by atoms with Crippen molar-refractivity contribution in [2.45, 2.75) is 20.7 Å². The van der Waals surface area contributed by atoms with Gasteiger partial charge in [-0.2, -0.15) is 9.64 Å². The molecule has 3 aromatic rings. The summed E-state index contributed by atoms with van der Waals surface area (Å²) in [6, 6.07) is 13.1. The lowest BCUT2D eigenvalue weighted by Crippen LogP contribution is -1.87. The Morgan fingerprint density at radius 2 is 1.33 bits per heavy atom. The standard InChI is InChI=1S/C18H10Cl4N2S3/c19-13-3-1-4-14(20)11(13)8-25-17-10(7-23)18(27-24-17)26-9-12-15(21)5-2-6-16(12)22/h1-6H,8-9H2. The minimum Gasteiger partial charge on any atom is -0.192 e. The molecule has 3 rings (SSSR count). The molecule has 1 aromatic heterocycles. The van der Waals surface area contributed by atoms with Gasteiger partial charge < -0.3 is 0 Å². The van der Waals surface area contributed by atoms with Crippen LogP contribution < -0.4 is 0 Å². The highest BCUT2D eigenvalue weighted by molar-refractivity contribution is 8.00. The number of nitrogens with zero attached hydrogens (tertiary/aromatic N) is 2. The third-order valence-corrected chi connectivity index (χ3v) is 8.22. The fourth-order valence-corrected chi connectivity index (χ4v) is 6.75. The molecule has 0 bridgehead atoms. The van der Waals surface area contributed by atoms with Gasteiger partial charge in [0.25, 0.3) is 0 Å². The van der Waals surface area contributed by atoms with Gasteiger partial charge in [-0.3, -0.25) is 0 Å². The molecule has 1 heterocycles. The zero-order valence-electron chi connectivity index (χ0n) is 13.5. The average molecular weight is 492 g/mol. The van der Waals surface area contributed by atoms with Crippen molar-refractivity contribution in [3.8, 4) is 6.07 Å². The van der Waals surface area contributed by atoms with E-state index in [1.165, 1.54) is 35.1 Å². The maximum atomic E-state index is 9.59. The summed E-state index contributed by atoms with van der Waals surface area (Å²) < 4.78 is 5.26. The number of hydrogen-bond donors (Lipinski definition) is 0. The second kappa shape index (κ2) is 9.76. The van der Waals surface area contributed by atoms with Crippen LogP contribution in [0.3, 0.4) is 0 Å². The van der Waals surface area contributed by atoms with Crippen LogP contribution in [0.1, 0.15) is 16.7 Å². The predicted octanol–water partition coefficient (Wildman–Crippen LogP) is 8.21. The van der Waals surface area contributed by atoms with Gasteiger partial charge in [0, 0.05) is 31.6 Å². The largest absolute Gasteiger partial charge is 0.192 e. The monoisotopic (exact) mass is 490 g/mol. The van der Waals surface area contributed by atoms with Crippen molar-refractivity contribution < 1.29 is 0 Å². The summed E-state index contributed by atoms with van der Waals surface area (Å²) in [6.45, 7) is 0. The first-order valence-electron chi connectivity index (χ1n) is 7.52. The van der Waals surface area contributed by atoms with E-state index >= 15 is 0 Å². The molecule has 2 nitrogen and oxygen atoms in total. The molecule has 0 unspecified atom stereocenters. The molecule has 9 heteroatoms. The van der Waals surface area contributed by atoms with Crippen LogP contribution >= 0.6 is 81.5 Å². The zero-order valence-corrected chi connectivity index (χ0v) is 19.0. The molecule has 0 aliphatic carbocycles. The van der Waals surface area contributed by atoms with Crippen LogP contribution in [0.4, 0.5) is 0 Å². The third kappa shape index (κ3) is 5.07. The number of thioether (sulfide) groups is 2. The van der Waals surface area contributed by atoms with Gasteiger partial charge in [-0.25, -0.2) is 0 Å². The summed E-state index contributed by atoms with van der Waals surface area (Å²) in [5.41, 5.74) is 2.24. The van der Waals surface area contributed by atoms with Gasteiger partial charge in [0.1, 0.15) is 16.7 Å². The molecule has 0 aliphatic rings. The normalized spacial score (nSPS) is 10.8. The molecule has 0 radical (unpaired) electrons. The second-order valence-corrected chi connectivity index (χ2v) is 9.85. The lowest BCUT2D eigenvalue weighted by molar-refractivity contribution is 1.22. The first-order chi connectivity index (χ1) is 13.0. The first kappa shape index (κ1) is 21.1. The number of benzene rings is 2. The van der Waals surface area contributed by atoms with Crippen LogP contribution in [-0.4, -0.2) is 4.37 Å². The fourth-order valence-electron chi connectivity index (χ4n) is 2.17. The lowest BCUT2D eigenvalue weighted by Gasteiger charge is -2.06. The minimum atomic E-state index is 0.539. The van der Waals surface area contributed by atoms with Crippen molar-refractivity contribution in [3.05, 3.63) is 73.2 Å². The number of aromatic nitrogens is 1. The molecule has 0 amide bonds. The molecule has 0 fully saturated rings. The van der Waals surface area contributed by atoms with Crippen LogP contribution in [0, 0.1) is 11.3 Å². The van der Waals surface area contributed by atoms with Gasteiger partial charge in [0.15, 0.2) is 0 Å². The number of nitriles is 1. The number of halogens is 4. The summed E-state index contributed by atoms with van der Waals surface area (Å²) in [6.07, 6.45) is 0. The fraction of sp³-hybridized carbons (Fsp3) is 0.111. The van der Waals surface area contributed by atoms with E-state index in [4.69, 9.17) is 46.4 Å². The Kier molecular flexibility index (Phi) is 7.64. The summed E-state index contributed by atoms with van der Waals surface area (Å²) in [5, 5.41) is 12.7. The van der Waals surface area contributed by atoms with Gasteiger partial charge >= 0.3 is 0 Å². The number of hydrogen-bond acceptors (Lipinski definition) is 5. The summed E-state index contributed by atoms with van der Waals surface area (Å²) in [7, 11) is 0. The average Bonchev–Trinajstić information content (AvgIpc) is 3.03. The van der Waals surface area contributed by atoms with E-state index in [0.29, 0.717) is 42.2 Å². The Labute approximate surface area is 189 Å². The molecule has 0 aliphatic heterocycles. The van der Waals surface area contributed by atoms with Gasteiger partial charge in [-0.05, 0) is 46.9 Å². The molecular weight excluding hydrogens is 482 g/mol. The van der Waals surface area contributed by atoms with E-state index in [9.17, 15) is 5.26 Å². The SMILES string of the molecule is N#Cc1c(SCc2c(Cl)cccc2Cl)nsc1SCc1c(Cl)cccc1Cl. The Morgan fingerprint density at radius 3 is 1.81 bits per heavy atom. The molecule has 0 saturated carbocycles. The minimum absolute atomic E-state index is 0.539. The van der Waals surface area contributed by atoms with Crippen LogP contribution in [-0.2, 0) is 11.5 Å². The Bertz CT molecular complexity index is 901. The lowest BCUT2D eigenvalue weighted by atomic mass is 10.2. The molecule has 0 spiro atoms. The summed E-state index contributed by atoms with van der Waals surface area (Å²) in [4.78, 5) is 0. The number of rotatable bonds is 6. The van der Waals surface area contributed by atoms with Crippen molar-refractivity contribution in [2.24, 2.45) is 0 Å². The highest BCUT2D eigenvalue weighted by Gasteiger charge is 2.17. The Hall–Kier alpha value is -0.580. The van der Waals surface area contributed by atoms with Gasteiger partial charge in [0.05, 0.1) is 4.21 Å². The molecule has 27 heavy (non-hydrogen) atoms. The van der Waals surface area contributed by atoms with Gasteiger partial charge in [-0.1, -0.05) is 70.3 Å². The van der Waals surface area contributed by atoms with Crippen molar-refractivity contribution >= 4 is 81.5 Å². The first-order valence-corrected chi connectivity index (χ1v) is 11.8. The van der Waals surface area contributed by atoms with Crippen molar-refractivity contribution in [1.82, 2.24) is 4.37 Å². The molecule has 0 atom stereocenters. The van der Waals surface area contributed by atoms with E-state index in [0.717, 1.165) is 15.3 Å². The van der Waals surface area contributed by atoms with E-state index in [2.05, 4.69) is 10.4 Å². The van der Waals surface area contributed by atoms with E-state index in [1.807, 2.05) is 0 Å². The van der Waals surface area contributed by atoms with Crippen molar-refractivity contribution in [2.75, 3.05) is 0 Å². The summed E-state index contributed by atoms with van der Waals surface area (Å²) in [5.74, 6) is 1.10. The molecule has 0 saturated heterocycles. The van der Waals surface area contributed by atoms with E-state index < -0.39 is 0 Å². The topological polar surface area (TPSA) is 36.7 Å². The van der Waals surface area contributed by atoms with E-state index in [-0.39, 0.29) is 0 Å². The molecular formula is C18H10Cl4N2S3. The second-order valence-electron chi connectivity index (χ2n) is 5.24. The smallest absolute Gasteiger partial charge is 0.129 e. The Morgan fingerprint density at radius 1 is 0.852 bits per heavy atom. The Balaban J connectivity index is 1.74.